The van der Waals surface area contributed by atoms with E-state index in [9.17, 15) is 4.79 Å². The minimum Gasteiger partial charge on any atom is -0.485 e. The van der Waals surface area contributed by atoms with Crippen molar-refractivity contribution in [3.63, 3.8) is 0 Å². The average molecular weight is 296 g/mol. The van der Waals surface area contributed by atoms with Gasteiger partial charge < -0.3 is 4.74 Å². The summed E-state index contributed by atoms with van der Waals surface area (Å²) in [4.78, 5) is 17.0. The molecule has 3 aromatic rings. The maximum atomic E-state index is 12.5. The molecule has 104 valence electrons. The highest BCUT2D eigenvalue weighted by molar-refractivity contribution is 7.08. The standard InChI is InChI=1S/C16H12N2O2S/c1-10-7-12-13(8-20-14-3-2-5-17-15(12)14)18(16(10)19)11-4-6-21-9-11/h2-7,9H,8H2,1H3. The molecule has 0 aromatic carbocycles. The number of thiophene rings is 1. The molecule has 0 aliphatic carbocycles. The Morgan fingerprint density at radius 1 is 1.38 bits per heavy atom. The number of hydrogen-bond donors (Lipinski definition) is 0. The van der Waals surface area contributed by atoms with Gasteiger partial charge >= 0.3 is 0 Å². The molecule has 0 radical (unpaired) electrons. The highest BCUT2D eigenvalue weighted by atomic mass is 32.1. The van der Waals surface area contributed by atoms with Crippen LogP contribution in [0.2, 0.25) is 0 Å². The van der Waals surface area contributed by atoms with Gasteiger partial charge in [0.2, 0.25) is 0 Å². The van der Waals surface area contributed by atoms with Crippen molar-refractivity contribution >= 4 is 11.3 Å². The molecule has 5 heteroatoms. The highest BCUT2D eigenvalue weighted by Gasteiger charge is 2.23. The third kappa shape index (κ3) is 1.81. The van der Waals surface area contributed by atoms with E-state index >= 15 is 0 Å². The van der Waals surface area contributed by atoms with Gasteiger partial charge in [-0.3, -0.25) is 14.3 Å². The molecule has 4 heterocycles. The summed E-state index contributed by atoms with van der Waals surface area (Å²) < 4.78 is 7.50. The van der Waals surface area contributed by atoms with Crippen molar-refractivity contribution in [2.24, 2.45) is 0 Å². The van der Waals surface area contributed by atoms with Crippen LogP contribution in [0.3, 0.4) is 0 Å². The molecular weight excluding hydrogens is 284 g/mol. The number of ether oxygens (including phenoxy) is 1. The van der Waals surface area contributed by atoms with E-state index in [-0.39, 0.29) is 5.56 Å². The van der Waals surface area contributed by atoms with Gasteiger partial charge in [0.1, 0.15) is 18.1 Å². The van der Waals surface area contributed by atoms with E-state index in [0.717, 1.165) is 28.4 Å². The van der Waals surface area contributed by atoms with E-state index in [1.807, 2.05) is 41.9 Å². The minimum atomic E-state index is -0.00451. The van der Waals surface area contributed by atoms with Gasteiger partial charge in [0.25, 0.3) is 5.56 Å². The summed E-state index contributed by atoms with van der Waals surface area (Å²) in [5.41, 5.74) is 4.21. The molecule has 0 bridgehead atoms. The Bertz CT molecular complexity index is 882. The number of nitrogens with zero attached hydrogens (tertiary/aromatic N) is 2. The zero-order valence-corrected chi connectivity index (χ0v) is 12.2. The van der Waals surface area contributed by atoms with Crippen LogP contribution in [0.4, 0.5) is 0 Å². The molecule has 0 saturated heterocycles. The van der Waals surface area contributed by atoms with E-state index < -0.39 is 0 Å². The first kappa shape index (κ1) is 12.3. The fourth-order valence-electron chi connectivity index (χ4n) is 2.64. The van der Waals surface area contributed by atoms with Gasteiger partial charge in [-0.05, 0) is 36.6 Å². The van der Waals surface area contributed by atoms with Gasteiger partial charge in [0.15, 0.2) is 0 Å². The summed E-state index contributed by atoms with van der Waals surface area (Å²) in [7, 11) is 0. The molecular formula is C16H12N2O2S. The number of pyridine rings is 2. The first-order valence-electron chi connectivity index (χ1n) is 6.62. The van der Waals surface area contributed by atoms with Crippen LogP contribution < -0.4 is 10.3 Å². The van der Waals surface area contributed by atoms with E-state index in [1.165, 1.54) is 0 Å². The molecule has 3 aromatic heterocycles. The van der Waals surface area contributed by atoms with Crippen LogP contribution in [0.5, 0.6) is 5.75 Å². The Labute approximate surface area is 125 Å². The van der Waals surface area contributed by atoms with Crippen LogP contribution >= 0.6 is 11.3 Å². The molecule has 0 saturated carbocycles. The predicted molar refractivity (Wildman–Crippen MR) is 82.2 cm³/mol. The van der Waals surface area contributed by atoms with E-state index in [2.05, 4.69) is 4.98 Å². The number of hydrogen-bond acceptors (Lipinski definition) is 4. The second-order valence-electron chi connectivity index (χ2n) is 4.95. The van der Waals surface area contributed by atoms with Crippen LogP contribution in [0.15, 0.2) is 46.0 Å². The summed E-state index contributed by atoms with van der Waals surface area (Å²) in [6, 6.07) is 7.61. The third-order valence-corrected chi connectivity index (χ3v) is 4.31. The topological polar surface area (TPSA) is 44.1 Å². The quantitative estimate of drug-likeness (QED) is 0.693. The lowest BCUT2D eigenvalue weighted by molar-refractivity contribution is 0.292. The maximum Gasteiger partial charge on any atom is 0.258 e. The summed E-state index contributed by atoms with van der Waals surface area (Å²) in [6.45, 7) is 2.21. The molecule has 4 rings (SSSR count). The number of aromatic nitrogens is 2. The molecule has 1 aliphatic rings. The molecule has 0 spiro atoms. The Morgan fingerprint density at radius 3 is 3.10 bits per heavy atom. The fourth-order valence-corrected chi connectivity index (χ4v) is 3.26. The van der Waals surface area contributed by atoms with Gasteiger partial charge in [-0.2, -0.15) is 11.3 Å². The molecule has 0 N–H and O–H groups in total. The van der Waals surface area contributed by atoms with Crippen LogP contribution in [0.25, 0.3) is 16.9 Å². The molecule has 0 amide bonds. The zero-order valence-electron chi connectivity index (χ0n) is 11.4. The SMILES string of the molecule is Cc1cc2c(n(-c3ccsc3)c1=O)COc1cccnc1-2. The number of rotatable bonds is 1. The van der Waals surface area contributed by atoms with Crippen molar-refractivity contribution in [2.75, 3.05) is 0 Å². The average Bonchev–Trinajstić information content (AvgIpc) is 3.02. The van der Waals surface area contributed by atoms with Gasteiger partial charge in [0, 0.05) is 22.7 Å². The van der Waals surface area contributed by atoms with Crippen LogP contribution in [-0.4, -0.2) is 9.55 Å². The summed E-state index contributed by atoms with van der Waals surface area (Å²) in [6.07, 6.45) is 1.74. The smallest absolute Gasteiger partial charge is 0.258 e. The number of fused-ring (bicyclic) bond motifs is 3. The maximum absolute atomic E-state index is 12.5. The predicted octanol–water partition coefficient (Wildman–Crippen LogP) is 3.16. The van der Waals surface area contributed by atoms with Gasteiger partial charge in [-0.25, -0.2) is 0 Å². The summed E-state index contributed by atoms with van der Waals surface area (Å²) >= 11 is 1.57. The molecule has 0 unspecified atom stereocenters. The summed E-state index contributed by atoms with van der Waals surface area (Å²) in [5, 5.41) is 3.93. The van der Waals surface area contributed by atoms with Crippen molar-refractivity contribution in [3.05, 3.63) is 62.8 Å². The molecule has 21 heavy (non-hydrogen) atoms. The Hall–Kier alpha value is -2.40. The van der Waals surface area contributed by atoms with Crippen LogP contribution in [0.1, 0.15) is 11.3 Å². The largest absolute Gasteiger partial charge is 0.485 e. The first-order chi connectivity index (χ1) is 10.3. The Balaban J connectivity index is 2.08. The molecule has 1 aliphatic heterocycles. The normalized spacial score (nSPS) is 12.4. The van der Waals surface area contributed by atoms with Crippen molar-refractivity contribution < 1.29 is 4.74 Å². The van der Waals surface area contributed by atoms with E-state index in [1.54, 1.807) is 22.1 Å². The second kappa shape index (κ2) is 4.56. The summed E-state index contributed by atoms with van der Waals surface area (Å²) in [5.74, 6) is 0.764. The van der Waals surface area contributed by atoms with E-state index in [0.29, 0.717) is 12.2 Å². The Morgan fingerprint density at radius 2 is 2.29 bits per heavy atom. The van der Waals surface area contributed by atoms with Crippen molar-refractivity contribution in [2.45, 2.75) is 13.5 Å². The lowest BCUT2D eigenvalue weighted by Gasteiger charge is -2.23. The number of aryl methyl sites for hydroxylation is 1. The van der Waals surface area contributed by atoms with Crippen molar-refractivity contribution in [1.82, 2.24) is 9.55 Å². The van der Waals surface area contributed by atoms with Gasteiger partial charge in [-0.1, -0.05) is 0 Å². The molecule has 0 fully saturated rings. The van der Waals surface area contributed by atoms with Gasteiger partial charge in [-0.15, -0.1) is 0 Å². The van der Waals surface area contributed by atoms with Crippen molar-refractivity contribution in [3.8, 4) is 22.7 Å². The van der Waals surface area contributed by atoms with E-state index in [4.69, 9.17) is 4.74 Å². The zero-order chi connectivity index (χ0) is 14.4. The van der Waals surface area contributed by atoms with Crippen LogP contribution in [0, 0.1) is 6.92 Å². The second-order valence-corrected chi connectivity index (χ2v) is 5.73. The highest BCUT2D eigenvalue weighted by Crippen LogP contribution is 2.36. The Kier molecular flexibility index (Phi) is 2.68. The minimum absolute atomic E-state index is 0.00451. The lowest BCUT2D eigenvalue weighted by atomic mass is 10.0. The fraction of sp³-hybridized carbons (Fsp3) is 0.125. The monoisotopic (exact) mass is 296 g/mol. The lowest BCUT2D eigenvalue weighted by Crippen LogP contribution is -2.27. The molecule has 0 atom stereocenters. The molecule has 4 nitrogen and oxygen atoms in total. The van der Waals surface area contributed by atoms with Crippen molar-refractivity contribution in [1.29, 1.82) is 0 Å². The van der Waals surface area contributed by atoms with Crippen LogP contribution in [-0.2, 0) is 6.61 Å². The first-order valence-corrected chi connectivity index (χ1v) is 7.56. The van der Waals surface area contributed by atoms with Gasteiger partial charge in [0.05, 0.1) is 11.4 Å². The third-order valence-electron chi connectivity index (χ3n) is 3.64.